The lowest BCUT2D eigenvalue weighted by Crippen LogP contribution is -2.05. The maximum absolute atomic E-state index is 13.2. The first kappa shape index (κ1) is 14.2. The molecule has 0 spiro atoms. The van der Waals surface area contributed by atoms with Crippen molar-refractivity contribution in [2.45, 2.75) is 13.3 Å². The second kappa shape index (κ2) is 5.85. The highest BCUT2D eigenvalue weighted by atomic mass is 79.9. The Kier molecular flexibility index (Phi) is 4.38. The topological polar surface area (TPSA) is 17.1 Å². The van der Waals surface area contributed by atoms with Crippen LogP contribution in [0.4, 0.5) is 4.39 Å². The molecule has 4 heteroatoms. The predicted octanol–water partition coefficient (Wildman–Crippen LogP) is 4.98. The number of ketones is 1. The van der Waals surface area contributed by atoms with E-state index in [1.54, 1.807) is 6.07 Å². The first-order chi connectivity index (χ1) is 8.97. The zero-order chi connectivity index (χ0) is 14.0. The quantitative estimate of drug-likeness (QED) is 0.720. The monoisotopic (exact) mass is 340 g/mol. The van der Waals surface area contributed by atoms with E-state index in [-0.39, 0.29) is 12.2 Å². The molecule has 0 aliphatic carbocycles. The third-order valence-electron chi connectivity index (χ3n) is 2.78. The van der Waals surface area contributed by atoms with Crippen LogP contribution in [0.1, 0.15) is 21.5 Å². The molecule has 0 unspecified atom stereocenters. The Morgan fingerprint density at radius 3 is 2.68 bits per heavy atom. The molecule has 0 heterocycles. The maximum Gasteiger partial charge on any atom is 0.168 e. The van der Waals surface area contributed by atoms with Crippen molar-refractivity contribution in [3.05, 3.63) is 68.4 Å². The van der Waals surface area contributed by atoms with Crippen LogP contribution in [0, 0.1) is 12.7 Å². The van der Waals surface area contributed by atoms with Crippen LogP contribution in [-0.4, -0.2) is 5.78 Å². The fourth-order valence-corrected chi connectivity index (χ4v) is 2.69. The molecule has 98 valence electrons. The molecule has 0 N–H and O–H groups in total. The average molecular weight is 342 g/mol. The van der Waals surface area contributed by atoms with Crippen LogP contribution >= 0.6 is 27.5 Å². The SMILES string of the molecule is Cc1ccc(C(=O)Cc2cc(F)ccc2Cl)c(Br)c1. The van der Waals surface area contributed by atoms with Gasteiger partial charge in [-0.3, -0.25) is 4.79 Å². The van der Waals surface area contributed by atoms with E-state index in [4.69, 9.17) is 11.6 Å². The summed E-state index contributed by atoms with van der Waals surface area (Å²) in [6.45, 7) is 1.95. The Morgan fingerprint density at radius 1 is 1.26 bits per heavy atom. The largest absolute Gasteiger partial charge is 0.294 e. The van der Waals surface area contributed by atoms with Gasteiger partial charge in [0.15, 0.2) is 5.78 Å². The van der Waals surface area contributed by atoms with Crippen LogP contribution in [0.15, 0.2) is 40.9 Å². The molecule has 2 aromatic carbocycles. The Bertz CT molecular complexity index is 640. The van der Waals surface area contributed by atoms with Crippen LogP contribution < -0.4 is 0 Å². The summed E-state index contributed by atoms with van der Waals surface area (Å²) in [7, 11) is 0. The fourth-order valence-electron chi connectivity index (χ4n) is 1.79. The van der Waals surface area contributed by atoms with Crippen molar-refractivity contribution in [2.24, 2.45) is 0 Å². The summed E-state index contributed by atoms with van der Waals surface area (Å²) in [6, 6.07) is 9.53. The van der Waals surface area contributed by atoms with Gasteiger partial charge in [0.25, 0.3) is 0 Å². The van der Waals surface area contributed by atoms with Gasteiger partial charge in [-0.05, 0) is 48.4 Å². The smallest absolute Gasteiger partial charge is 0.168 e. The van der Waals surface area contributed by atoms with E-state index >= 15 is 0 Å². The van der Waals surface area contributed by atoms with Crippen LogP contribution in [0.3, 0.4) is 0 Å². The van der Waals surface area contributed by atoms with Gasteiger partial charge in [0.05, 0.1) is 0 Å². The first-order valence-electron chi connectivity index (χ1n) is 5.70. The average Bonchev–Trinajstić information content (AvgIpc) is 2.33. The van der Waals surface area contributed by atoms with Crippen molar-refractivity contribution >= 4 is 33.3 Å². The summed E-state index contributed by atoms with van der Waals surface area (Å²) >= 11 is 9.33. The lowest BCUT2D eigenvalue weighted by molar-refractivity contribution is 0.0992. The molecule has 0 amide bonds. The zero-order valence-corrected chi connectivity index (χ0v) is 12.6. The molecule has 0 atom stereocenters. The summed E-state index contributed by atoms with van der Waals surface area (Å²) < 4.78 is 13.9. The fraction of sp³-hybridized carbons (Fsp3) is 0.133. The highest BCUT2D eigenvalue weighted by Gasteiger charge is 2.13. The van der Waals surface area contributed by atoms with Crippen molar-refractivity contribution in [3.8, 4) is 0 Å². The Morgan fingerprint density at radius 2 is 2.00 bits per heavy atom. The third kappa shape index (κ3) is 3.43. The molecule has 0 fully saturated rings. The number of Topliss-reactive ketones (excluding diaryl/α,β-unsaturated/α-hetero) is 1. The van der Waals surface area contributed by atoms with Gasteiger partial charge in [-0.15, -0.1) is 0 Å². The summed E-state index contributed by atoms with van der Waals surface area (Å²) in [5, 5.41) is 0.401. The highest BCUT2D eigenvalue weighted by Crippen LogP contribution is 2.23. The number of carbonyl (C=O) groups is 1. The van der Waals surface area contributed by atoms with Crippen molar-refractivity contribution in [1.29, 1.82) is 0 Å². The Labute approximate surface area is 124 Å². The minimum absolute atomic E-state index is 0.0816. The lowest BCUT2D eigenvalue weighted by Gasteiger charge is -2.06. The van der Waals surface area contributed by atoms with Crippen LogP contribution in [-0.2, 0) is 6.42 Å². The highest BCUT2D eigenvalue weighted by molar-refractivity contribution is 9.10. The standard InChI is InChI=1S/C15H11BrClFO/c1-9-2-4-12(13(16)6-9)15(19)8-10-7-11(18)3-5-14(10)17/h2-7H,8H2,1H3. The van der Waals surface area contributed by atoms with E-state index in [0.717, 1.165) is 10.0 Å². The van der Waals surface area contributed by atoms with Crippen molar-refractivity contribution < 1.29 is 9.18 Å². The Hall–Kier alpha value is -1.19. The number of hydrogen-bond donors (Lipinski definition) is 0. The van der Waals surface area contributed by atoms with E-state index in [1.807, 2.05) is 19.1 Å². The maximum atomic E-state index is 13.2. The van der Waals surface area contributed by atoms with Crippen LogP contribution in [0.5, 0.6) is 0 Å². The molecule has 0 bridgehead atoms. The summed E-state index contributed by atoms with van der Waals surface area (Å²) in [5.74, 6) is -0.491. The van der Waals surface area contributed by atoms with Crippen molar-refractivity contribution in [2.75, 3.05) is 0 Å². The summed E-state index contributed by atoms with van der Waals surface area (Å²) in [6.07, 6.45) is 0.0816. The number of rotatable bonds is 3. The molecular weight excluding hydrogens is 331 g/mol. The molecule has 0 radical (unpaired) electrons. The minimum Gasteiger partial charge on any atom is -0.294 e. The number of carbonyl (C=O) groups excluding carboxylic acids is 1. The van der Waals surface area contributed by atoms with Gasteiger partial charge < -0.3 is 0 Å². The van der Waals surface area contributed by atoms with E-state index < -0.39 is 5.82 Å². The molecule has 0 aromatic heterocycles. The molecule has 2 rings (SSSR count). The van der Waals surface area contributed by atoms with E-state index in [9.17, 15) is 9.18 Å². The van der Waals surface area contributed by atoms with E-state index in [2.05, 4.69) is 15.9 Å². The van der Waals surface area contributed by atoms with Gasteiger partial charge in [-0.1, -0.05) is 33.6 Å². The van der Waals surface area contributed by atoms with Crippen molar-refractivity contribution in [1.82, 2.24) is 0 Å². The Balaban J connectivity index is 2.28. The zero-order valence-electron chi connectivity index (χ0n) is 10.2. The minimum atomic E-state index is -0.393. The van der Waals surface area contributed by atoms with Gasteiger partial charge in [0, 0.05) is 21.5 Å². The lowest BCUT2D eigenvalue weighted by atomic mass is 10.0. The molecule has 0 saturated heterocycles. The molecule has 0 saturated carbocycles. The molecule has 1 nitrogen and oxygen atoms in total. The van der Waals surface area contributed by atoms with Gasteiger partial charge in [0.2, 0.25) is 0 Å². The molecular formula is C15H11BrClFO. The van der Waals surface area contributed by atoms with Crippen molar-refractivity contribution in [3.63, 3.8) is 0 Å². The molecule has 19 heavy (non-hydrogen) atoms. The molecule has 0 aliphatic heterocycles. The second-order valence-electron chi connectivity index (χ2n) is 4.32. The van der Waals surface area contributed by atoms with Gasteiger partial charge in [-0.2, -0.15) is 0 Å². The number of hydrogen-bond acceptors (Lipinski definition) is 1. The number of halogens is 3. The summed E-state index contributed by atoms with van der Waals surface area (Å²) in [4.78, 5) is 12.2. The second-order valence-corrected chi connectivity index (χ2v) is 5.58. The van der Waals surface area contributed by atoms with Gasteiger partial charge in [0.1, 0.15) is 5.82 Å². The number of aryl methyl sites for hydroxylation is 1. The van der Waals surface area contributed by atoms with Gasteiger partial charge >= 0.3 is 0 Å². The third-order valence-corrected chi connectivity index (χ3v) is 3.81. The van der Waals surface area contributed by atoms with E-state index in [1.165, 1.54) is 18.2 Å². The van der Waals surface area contributed by atoms with Crippen LogP contribution in [0.25, 0.3) is 0 Å². The predicted molar refractivity (Wildman–Crippen MR) is 78.3 cm³/mol. The first-order valence-corrected chi connectivity index (χ1v) is 6.88. The number of benzene rings is 2. The molecule has 2 aromatic rings. The van der Waals surface area contributed by atoms with E-state index in [0.29, 0.717) is 16.1 Å². The normalized spacial score (nSPS) is 10.5. The summed E-state index contributed by atoms with van der Waals surface area (Å²) in [5.41, 5.74) is 2.14. The van der Waals surface area contributed by atoms with Gasteiger partial charge in [-0.25, -0.2) is 4.39 Å². The molecule has 0 aliphatic rings. The van der Waals surface area contributed by atoms with Crippen LogP contribution in [0.2, 0.25) is 5.02 Å².